The van der Waals surface area contributed by atoms with E-state index >= 15 is 0 Å². The molecule has 2 bridgehead atoms. The van der Waals surface area contributed by atoms with Crippen LogP contribution in [-0.4, -0.2) is 17.0 Å². The Labute approximate surface area is 129 Å². The summed E-state index contributed by atoms with van der Waals surface area (Å²) in [5, 5.41) is 11.7. The highest BCUT2D eigenvalue weighted by Crippen LogP contribution is 2.69. The van der Waals surface area contributed by atoms with Crippen molar-refractivity contribution in [2.75, 3.05) is 5.32 Å². The van der Waals surface area contributed by atoms with Crippen LogP contribution in [0.25, 0.3) is 0 Å². The maximum absolute atomic E-state index is 12.4. The number of carboxylic acids is 1. The molecule has 3 aliphatic carbocycles. The van der Waals surface area contributed by atoms with E-state index < -0.39 is 5.97 Å². The first-order valence-corrected chi connectivity index (χ1v) is 8.25. The van der Waals surface area contributed by atoms with Crippen molar-refractivity contribution in [3.05, 3.63) is 29.8 Å². The molecule has 22 heavy (non-hydrogen) atoms. The third kappa shape index (κ3) is 2.31. The van der Waals surface area contributed by atoms with Crippen LogP contribution in [0.2, 0.25) is 0 Å². The summed E-state index contributed by atoms with van der Waals surface area (Å²) in [6, 6.07) is 7.55. The predicted octanol–water partition coefficient (Wildman–Crippen LogP) is 2.93. The molecule has 0 aliphatic heterocycles. The van der Waals surface area contributed by atoms with Crippen LogP contribution < -0.4 is 5.32 Å². The third-order valence-corrected chi connectivity index (χ3v) is 5.89. The van der Waals surface area contributed by atoms with Crippen LogP contribution in [0.4, 0.5) is 5.69 Å². The van der Waals surface area contributed by atoms with Crippen LogP contribution in [-0.2, 0) is 16.0 Å². The Hall–Kier alpha value is -1.84. The van der Waals surface area contributed by atoms with E-state index in [9.17, 15) is 9.59 Å². The SMILES string of the molecule is O=C(O)CCc1ccc(NC(=O)C2[C@H]3[C@H]4CC[C@@H](C4)[C@H]23)cc1. The minimum Gasteiger partial charge on any atom is -0.481 e. The van der Waals surface area contributed by atoms with Crippen LogP contribution in [0.1, 0.15) is 31.2 Å². The van der Waals surface area contributed by atoms with Crippen molar-refractivity contribution in [2.24, 2.45) is 29.6 Å². The summed E-state index contributed by atoms with van der Waals surface area (Å²) >= 11 is 0. The average Bonchev–Trinajstić information content (AvgIpc) is 2.95. The van der Waals surface area contributed by atoms with Gasteiger partial charge in [-0.2, -0.15) is 0 Å². The topological polar surface area (TPSA) is 66.4 Å². The summed E-state index contributed by atoms with van der Waals surface area (Å²) in [6.07, 6.45) is 4.68. The van der Waals surface area contributed by atoms with Gasteiger partial charge in [0.05, 0.1) is 0 Å². The number of aliphatic carboxylic acids is 1. The van der Waals surface area contributed by atoms with Gasteiger partial charge in [0.25, 0.3) is 0 Å². The van der Waals surface area contributed by atoms with E-state index in [2.05, 4.69) is 5.32 Å². The van der Waals surface area contributed by atoms with Crippen molar-refractivity contribution in [3.63, 3.8) is 0 Å². The number of fused-ring (bicyclic) bond motifs is 5. The number of aryl methyl sites for hydroxylation is 1. The van der Waals surface area contributed by atoms with Gasteiger partial charge in [-0.05, 0) is 67.1 Å². The summed E-state index contributed by atoms with van der Waals surface area (Å²) < 4.78 is 0. The van der Waals surface area contributed by atoms with Gasteiger partial charge >= 0.3 is 5.97 Å². The molecule has 3 saturated carbocycles. The monoisotopic (exact) mass is 299 g/mol. The first-order valence-electron chi connectivity index (χ1n) is 8.25. The standard InChI is InChI=1S/C18H21NO3/c20-14(21)8-3-10-1-6-13(7-2-10)19-18(22)17-15-11-4-5-12(9-11)16(15)17/h1-2,6-7,11-12,15-17H,3-5,8-9H2,(H,19,22)(H,20,21)/t11-,12-,15-,16-/m0/s1. The van der Waals surface area contributed by atoms with Gasteiger partial charge in [-0.25, -0.2) is 0 Å². The molecular formula is C18H21NO3. The quantitative estimate of drug-likeness (QED) is 0.878. The van der Waals surface area contributed by atoms with Gasteiger partial charge in [0.1, 0.15) is 0 Å². The molecule has 0 radical (unpaired) electrons. The first-order chi connectivity index (χ1) is 10.6. The molecule has 1 amide bonds. The van der Waals surface area contributed by atoms with E-state index in [1.54, 1.807) is 0 Å². The fraction of sp³-hybridized carbons (Fsp3) is 0.556. The second kappa shape index (κ2) is 5.11. The second-order valence-electron chi connectivity index (χ2n) is 7.09. The van der Waals surface area contributed by atoms with Gasteiger partial charge in [-0.3, -0.25) is 9.59 Å². The molecule has 4 atom stereocenters. The summed E-state index contributed by atoms with van der Waals surface area (Å²) in [5.41, 5.74) is 1.81. The lowest BCUT2D eigenvalue weighted by atomic mass is 10.0. The van der Waals surface area contributed by atoms with E-state index in [-0.39, 0.29) is 18.2 Å². The zero-order valence-corrected chi connectivity index (χ0v) is 12.5. The fourth-order valence-corrected chi connectivity index (χ4v) is 4.91. The van der Waals surface area contributed by atoms with Crippen molar-refractivity contribution in [1.82, 2.24) is 0 Å². The minimum absolute atomic E-state index is 0.139. The normalized spacial score (nSPS) is 34.3. The molecule has 1 aromatic rings. The van der Waals surface area contributed by atoms with Crippen LogP contribution in [0.3, 0.4) is 0 Å². The number of hydrogen-bond donors (Lipinski definition) is 2. The minimum atomic E-state index is -0.785. The Kier molecular flexibility index (Phi) is 3.21. The zero-order valence-electron chi connectivity index (χ0n) is 12.5. The molecular weight excluding hydrogens is 278 g/mol. The van der Waals surface area contributed by atoms with E-state index in [1.165, 1.54) is 19.3 Å². The van der Waals surface area contributed by atoms with Gasteiger partial charge in [-0.15, -0.1) is 0 Å². The van der Waals surface area contributed by atoms with Crippen LogP contribution in [0.5, 0.6) is 0 Å². The molecule has 0 unspecified atom stereocenters. The lowest BCUT2D eigenvalue weighted by molar-refractivity contribution is -0.137. The van der Waals surface area contributed by atoms with Gasteiger partial charge < -0.3 is 10.4 Å². The van der Waals surface area contributed by atoms with Crippen LogP contribution in [0, 0.1) is 29.6 Å². The molecule has 4 rings (SSSR count). The smallest absolute Gasteiger partial charge is 0.303 e. The predicted molar refractivity (Wildman–Crippen MR) is 82.3 cm³/mol. The molecule has 0 heterocycles. The number of carbonyl (C=O) groups excluding carboxylic acids is 1. The Morgan fingerprint density at radius 3 is 2.32 bits per heavy atom. The molecule has 0 spiro atoms. The lowest BCUT2D eigenvalue weighted by Crippen LogP contribution is -2.18. The van der Waals surface area contributed by atoms with E-state index in [0.717, 1.165) is 23.1 Å². The Balaban J connectivity index is 1.34. The summed E-state index contributed by atoms with van der Waals surface area (Å²) in [4.78, 5) is 23.0. The highest BCUT2D eigenvalue weighted by Gasteiger charge is 2.67. The molecule has 4 nitrogen and oxygen atoms in total. The first kappa shape index (κ1) is 13.8. The molecule has 1 aromatic carbocycles. The number of benzene rings is 1. The van der Waals surface area contributed by atoms with Crippen molar-refractivity contribution in [1.29, 1.82) is 0 Å². The van der Waals surface area contributed by atoms with Crippen LogP contribution in [0.15, 0.2) is 24.3 Å². The largest absolute Gasteiger partial charge is 0.481 e. The second-order valence-corrected chi connectivity index (χ2v) is 7.09. The zero-order chi connectivity index (χ0) is 15.3. The molecule has 0 saturated heterocycles. The van der Waals surface area contributed by atoms with E-state index in [0.29, 0.717) is 18.3 Å². The number of carbonyl (C=O) groups is 2. The van der Waals surface area contributed by atoms with Crippen molar-refractivity contribution in [2.45, 2.75) is 32.1 Å². The number of nitrogens with one attached hydrogen (secondary N) is 1. The highest BCUT2D eigenvalue weighted by atomic mass is 16.4. The maximum Gasteiger partial charge on any atom is 0.303 e. The van der Waals surface area contributed by atoms with E-state index in [4.69, 9.17) is 5.11 Å². The third-order valence-electron chi connectivity index (χ3n) is 5.89. The van der Waals surface area contributed by atoms with Crippen molar-refractivity contribution >= 4 is 17.6 Å². The van der Waals surface area contributed by atoms with Gasteiger partial charge in [0.2, 0.25) is 5.91 Å². The fourth-order valence-electron chi connectivity index (χ4n) is 4.91. The summed E-state index contributed by atoms with van der Waals surface area (Å²) in [6.45, 7) is 0. The number of amides is 1. The van der Waals surface area contributed by atoms with Crippen LogP contribution >= 0.6 is 0 Å². The molecule has 0 aromatic heterocycles. The van der Waals surface area contributed by atoms with Gasteiger partial charge in [0.15, 0.2) is 0 Å². The summed E-state index contributed by atoms with van der Waals surface area (Å²) in [5.74, 6) is 2.59. The molecule has 2 N–H and O–H groups in total. The Bertz CT molecular complexity index is 593. The average molecular weight is 299 g/mol. The van der Waals surface area contributed by atoms with Crippen molar-refractivity contribution in [3.8, 4) is 0 Å². The van der Waals surface area contributed by atoms with Crippen molar-refractivity contribution < 1.29 is 14.7 Å². The number of anilines is 1. The highest BCUT2D eigenvalue weighted by molar-refractivity contribution is 5.95. The molecule has 3 fully saturated rings. The summed E-state index contributed by atoms with van der Waals surface area (Å²) in [7, 11) is 0. The van der Waals surface area contributed by atoms with Gasteiger partial charge in [0, 0.05) is 18.0 Å². The number of hydrogen-bond acceptors (Lipinski definition) is 2. The number of carboxylic acid groups (broad SMARTS) is 1. The number of rotatable bonds is 5. The molecule has 116 valence electrons. The van der Waals surface area contributed by atoms with Gasteiger partial charge in [-0.1, -0.05) is 12.1 Å². The Morgan fingerprint density at radius 2 is 1.73 bits per heavy atom. The van der Waals surface area contributed by atoms with E-state index in [1.807, 2.05) is 24.3 Å². The molecule has 3 aliphatic rings. The Morgan fingerprint density at radius 1 is 1.09 bits per heavy atom. The maximum atomic E-state index is 12.4. The lowest BCUT2D eigenvalue weighted by Gasteiger charge is -2.10. The molecule has 4 heteroatoms.